The number of amides is 1. The van der Waals surface area contributed by atoms with Crippen molar-refractivity contribution in [2.45, 2.75) is 50.6 Å². The molecule has 1 amide bonds. The fraction of sp³-hybridized carbons (Fsp3) is 0.562. The van der Waals surface area contributed by atoms with E-state index >= 15 is 0 Å². The molecule has 0 aromatic heterocycles. The van der Waals surface area contributed by atoms with Crippen LogP contribution in [0.15, 0.2) is 23.1 Å². The lowest BCUT2D eigenvalue weighted by Gasteiger charge is -2.40. The average Bonchev–Trinajstić information content (AvgIpc) is 2.90. The normalized spacial score (nSPS) is 26.3. The van der Waals surface area contributed by atoms with Crippen molar-refractivity contribution in [3.05, 3.63) is 29.3 Å². The van der Waals surface area contributed by atoms with Gasteiger partial charge in [-0.3, -0.25) is 4.79 Å². The first-order valence-corrected chi connectivity index (χ1v) is 9.15. The number of piperazine rings is 1. The zero-order chi connectivity index (χ0) is 16.1. The van der Waals surface area contributed by atoms with Crippen molar-refractivity contribution >= 4 is 15.9 Å². The van der Waals surface area contributed by atoms with E-state index in [1.54, 1.807) is 19.1 Å². The minimum Gasteiger partial charge on any atom is -0.337 e. The maximum Gasteiger partial charge on any atom is 0.243 e. The Bertz CT molecular complexity index is 694. The maximum atomic E-state index is 13.0. The highest BCUT2D eigenvalue weighted by atomic mass is 32.2. The molecular formula is C16H22N2O3S. The van der Waals surface area contributed by atoms with Crippen LogP contribution in [0, 0.1) is 13.8 Å². The van der Waals surface area contributed by atoms with Crippen molar-refractivity contribution < 1.29 is 13.2 Å². The monoisotopic (exact) mass is 322 g/mol. The SMILES string of the molecule is Cc1cc(C)cc(S(=O)(=O)N2C[C@H]3CCCN3C(=O)[C@@H]2C)c1. The quantitative estimate of drug-likeness (QED) is 0.832. The van der Waals surface area contributed by atoms with Crippen molar-refractivity contribution in [1.82, 2.24) is 9.21 Å². The Balaban J connectivity index is 1.99. The molecule has 2 heterocycles. The van der Waals surface area contributed by atoms with Crippen LogP contribution in [0.5, 0.6) is 0 Å². The average molecular weight is 322 g/mol. The largest absolute Gasteiger partial charge is 0.337 e. The molecule has 0 saturated carbocycles. The van der Waals surface area contributed by atoms with E-state index in [9.17, 15) is 13.2 Å². The summed E-state index contributed by atoms with van der Waals surface area (Å²) in [5.74, 6) is -0.0679. The Hall–Kier alpha value is -1.40. The molecule has 0 unspecified atom stereocenters. The van der Waals surface area contributed by atoms with Crippen LogP contribution in [-0.2, 0) is 14.8 Å². The van der Waals surface area contributed by atoms with Gasteiger partial charge in [-0.1, -0.05) is 6.07 Å². The minimum atomic E-state index is -3.64. The third kappa shape index (κ3) is 2.44. The van der Waals surface area contributed by atoms with Gasteiger partial charge in [-0.25, -0.2) is 8.42 Å². The zero-order valence-electron chi connectivity index (χ0n) is 13.2. The van der Waals surface area contributed by atoms with Crippen LogP contribution in [0.4, 0.5) is 0 Å². The second kappa shape index (κ2) is 5.35. The van der Waals surface area contributed by atoms with Gasteiger partial charge >= 0.3 is 0 Å². The number of aryl methyl sites for hydroxylation is 2. The van der Waals surface area contributed by atoms with Crippen molar-refractivity contribution in [2.24, 2.45) is 0 Å². The van der Waals surface area contributed by atoms with Crippen LogP contribution in [0.1, 0.15) is 30.9 Å². The Labute approximate surface area is 132 Å². The molecule has 2 saturated heterocycles. The van der Waals surface area contributed by atoms with Crippen LogP contribution in [0.2, 0.25) is 0 Å². The van der Waals surface area contributed by atoms with Crippen LogP contribution < -0.4 is 0 Å². The standard InChI is InChI=1S/C16H22N2O3S/c1-11-7-12(2)9-15(8-11)22(20,21)18-10-14-5-4-6-17(14)16(19)13(18)3/h7-9,13-14H,4-6,10H2,1-3H3/t13-,14+/m0/s1. The summed E-state index contributed by atoms with van der Waals surface area (Å²) < 4.78 is 27.4. The highest BCUT2D eigenvalue weighted by Gasteiger charge is 2.45. The van der Waals surface area contributed by atoms with Gasteiger partial charge in [0.2, 0.25) is 15.9 Å². The Kier molecular flexibility index (Phi) is 3.77. The lowest BCUT2D eigenvalue weighted by molar-refractivity contribution is -0.139. The number of nitrogens with zero attached hydrogens (tertiary/aromatic N) is 2. The smallest absolute Gasteiger partial charge is 0.243 e. The van der Waals surface area contributed by atoms with Gasteiger partial charge in [-0.05, 0) is 56.9 Å². The van der Waals surface area contributed by atoms with E-state index in [-0.39, 0.29) is 16.8 Å². The summed E-state index contributed by atoms with van der Waals surface area (Å²) in [4.78, 5) is 14.6. The summed E-state index contributed by atoms with van der Waals surface area (Å²) in [7, 11) is -3.64. The van der Waals surface area contributed by atoms with Gasteiger partial charge in [0.15, 0.2) is 0 Å². The van der Waals surface area contributed by atoms with Crippen LogP contribution in [0.25, 0.3) is 0 Å². The van der Waals surface area contributed by atoms with E-state index in [4.69, 9.17) is 0 Å². The summed E-state index contributed by atoms with van der Waals surface area (Å²) in [6.07, 6.45) is 1.85. The number of benzene rings is 1. The lowest BCUT2D eigenvalue weighted by Crippen LogP contribution is -2.59. The molecule has 0 spiro atoms. The molecule has 2 fully saturated rings. The van der Waals surface area contributed by atoms with Crippen molar-refractivity contribution in [3.63, 3.8) is 0 Å². The Morgan fingerprint density at radius 2 is 1.77 bits per heavy atom. The van der Waals surface area contributed by atoms with E-state index in [1.807, 2.05) is 24.8 Å². The molecule has 5 nitrogen and oxygen atoms in total. The number of carbonyl (C=O) groups excluding carboxylic acids is 1. The predicted octanol–water partition coefficient (Wildman–Crippen LogP) is 1.69. The molecule has 0 bridgehead atoms. The van der Waals surface area contributed by atoms with Crippen molar-refractivity contribution in [2.75, 3.05) is 13.1 Å². The van der Waals surface area contributed by atoms with Crippen LogP contribution >= 0.6 is 0 Å². The van der Waals surface area contributed by atoms with Crippen LogP contribution in [-0.4, -0.2) is 48.7 Å². The molecule has 1 aromatic rings. The summed E-state index contributed by atoms with van der Waals surface area (Å²) in [5, 5.41) is 0. The van der Waals surface area contributed by atoms with Gasteiger partial charge in [0.1, 0.15) is 6.04 Å². The summed E-state index contributed by atoms with van der Waals surface area (Å²) >= 11 is 0. The van der Waals surface area contributed by atoms with E-state index in [2.05, 4.69) is 0 Å². The third-order valence-corrected chi connectivity index (χ3v) is 6.56. The lowest BCUT2D eigenvalue weighted by atomic mass is 10.1. The molecule has 0 N–H and O–H groups in total. The van der Waals surface area contributed by atoms with Gasteiger partial charge in [0, 0.05) is 19.1 Å². The Morgan fingerprint density at radius 1 is 1.14 bits per heavy atom. The zero-order valence-corrected chi connectivity index (χ0v) is 14.1. The van der Waals surface area contributed by atoms with Crippen LogP contribution in [0.3, 0.4) is 0 Å². The van der Waals surface area contributed by atoms with Gasteiger partial charge in [0.25, 0.3) is 0 Å². The summed E-state index contributed by atoms with van der Waals surface area (Å²) in [6, 6.07) is 4.72. The van der Waals surface area contributed by atoms with Crippen molar-refractivity contribution in [3.8, 4) is 0 Å². The molecule has 2 aliphatic heterocycles. The molecular weight excluding hydrogens is 300 g/mol. The third-order valence-electron chi connectivity index (χ3n) is 4.64. The second-order valence-electron chi connectivity index (χ2n) is 6.40. The maximum absolute atomic E-state index is 13.0. The number of sulfonamides is 1. The van der Waals surface area contributed by atoms with Crippen molar-refractivity contribution in [1.29, 1.82) is 0 Å². The van der Waals surface area contributed by atoms with Gasteiger partial charge in [-0.2, -0.15) is 4.31 Å². The number of hydrogen-bond donors (Lipinski definition) is 0. The molecule has 22 heavy (non-hydrogen) atoms. The van der Waals surface area contributed by atoms with E-state index < -0.39 is 16.1 Å². The fourth-order valence-corrected chi connectivity index (χ4v) is 5.38. The number of fused-ring (bicyclic) bond motifs is 1. The number of carbonyl (C=O) groups is 1. The summed E-state index contributed by atoms with van der Waals surface area (Å²) in [5.41, 5.74) is 1.83. The first-order valence-electron chi connectivity index (χ1n) is 7.71. The highest BCUT2D eigenvalue weighted by Crippen LogP contribution is 2.30. The molecule has 6 heteroatoms. The molecule has 3 rings (SSSR count). The predicted molar refractivity (Wildman–Crippen MR) is 84.0 cm³/mol. The topological polar surface area (TPSA) is 57.7 Å². The number of hydrogen-bond acceptors (Lipinski definition) is 3. The minimum absolute atomic E-state index is 0.0318. The molecule has 1 aromatic carbocycles. The molecule has 2 aliphatic rings. The molecule has 0 radical (unpaired) electrons. The van der Waals surface area contributed by atoms with E-state index in [0.29, 0.717) is 6.54 Å². The van der Waals surface area contributed by atoms with Gasteiger partial charge in [-0.15, -0.1) is 0 Å². The number of rotatable bonds is 2. The molecule has 2 atom stereocenters. The fourth-order valence-electron chi connectivity index (χ4n) is 3.57. The first kappa shape index (κ1) is 15.5. The van der Waals surface area contributed by atoms with Gasteiger partial charge in [0.05, 0.1) is 4.90 Å². The first-order chi connectivity index (χ1) is 10.3. The Morgan fingerprint density at radius 3 is 2.41 bits per heavy atom. The second-order valence-corrected chi connectivity index (χ2v) is 8.29. The highest BCUT2D eigenvalue weighted by molar-refractivity contribution is 7.89. The van der Waals surface area contributed by atoms with E-state index in [0.717, 1.165) is 30.5 Å². The molecule has 0 aliphatic carbocycles. The van der Waals surface area contributed by atoms with Gasteiger partial charge < -0.3 is 4.90 Å². The molecule has 120 valence electrons. The van der Waals surface area contributed by atoms with E-state index in [1.165, 1.54) is 4.31 Å². The summed E-state index contributed by atoms with van der Waals surface area (Å²) in [6.45, 7) is 6.62.